The lowest BCUT2D eigenvalue weighted by molar-refractivity contribution is 0.628. The first-order valence-corrected chi connectivity index (χ1v) is 12.5. The van der Waals surface area contributed by atoms with Crippen LogP contribution in [0.1, 0.15) is 32.2 Å². The van der Waals surface area contributed by atoms with Gasteiger partial charge >= 0.3 is 0 Å². The van der Waals surface area contributed by atoms with Crippen LogP contribution >= 0.6 is 7.05 Å². The maximum atomic E-state index is 13.7. The lowest BCUT2D eigenvalue weighted by Crippen LogP contribution is -2.32. The molecule has 0 fully saturated rings. The summed E-state index contributed by atoms with van der Waals surface area (Å²) in [6.07, 6.45) is 0. The third-order valence-corrected chi connectivity index (χ3v) is 10.6. The smallest absolute Gasteiger partial charge is 0.123 e. The Labute approximate surface area is 190 Å². The number of hydrogen-bond acceptors (Lipinski definition) is 2. The van der Waals surface area contributed by atoms with Gasteiger partial charge in [-0.25, -0.2) is 9.07 Å². The molecule has 0 spiro atoms. The van der Waals surface area contributed by atoms with E-state index >= 15 is 0 Å². The van der Waals surface area contributed by atoms with E-state index in [1.54, 1.807) is 12.1 Å². The van der Waals surface area contributed by atoms with Gasteiger partial charge in [0.05, 0.1) is 22.8 Å². The maximum absolute atomic E-state index is 13.7. The topological polar surface area (TPSA) is 30.2 Å². The normalized spacial score (nSPS) is 13.6. The van der Waals surface area contributed by atoms with Crippen LogP contribution in [0, 0.1) is 19.7 Å². The lowest BCUT2D eigenvalue weighted by atomic mass is 10.2. The van der Waals surface area contributed by atoms with Crippen LogP contribution < -0.4 is 10.6 Å². The molecule has 32 heavy (non-hydrogen) atoms. The van der Waals surface area contributed by atoms with Gasteiger partial charge in [0.25, 0.3) is 0 Å². The summed E-state index contributed by atoms with van der Waals surface area (Å²) in [5, 5.41) is 7.15. The Morgan fingerprint density at radius 1 is 0.812 bits per heavy atom. The van der Waals surface area contributed by atoms with Crippen molar-refractivity contribution in [2.75, 3.05) is 0 Å². The third kappa shape index (κ3) is 3.84. The Hall–Kier alpha value is -2.97. The van der Waals surface area contributed by atoms with Gasteiger partial charge in [-0.2, -0.15) is 5.10 Å². The van der Waals surface area contributed by atoms with Crippen LogP contribution in [0.5, 0.6) is 0 Å². The predicted molar refractivity (Wildman–Crippen MR) is 134 cm³/mol. The highest BCUT2D eigenvalue weighted by Crippen LogP contribution is 2.61. The van der Waals surface area contributed by atoms with Gasteiger partial charge in [0, 0.05) is 17.5 Å². The Morgan fingerprint density at radius 2 is 1.38 bits per heavy atom. The first-order valence-electron chi connectivity index (χ1n) is 10.8. The molecule has 0 aliphatic heterocycles. The van der Waals surface area contributed by atoms with Gasteiger partial charge in [0.15, 0.2) is 0 Å². The van der Waals surface area contributed by atoms with Gasteiger partial charge in [-0.15, -0.1) is 0 Å². The summed E-state index contributed by atoms with van der Waals surface area (Å²) in [6, 6.07) is 27.2. The molecule has 4 rings (SSSR count). The molecule has 0 aliphatic rings. The minimum Gasteiger partial charge on any atom is -0.258 e. The van der Waals surface area contributed by atoms with E-state index in [0.29, 0.717) is 0 Å². The summed E-state index contributed by atoms with van der Waals surface area (Å²) in [5.74, 6) is -0.257. The fraction of sp³-hybridized carbons (Fsp3) is 0.222. The van der Waals surface area contributed by atoms with Crippen molar-refractivity contribution >= 4 is 23.4 Å². The minimum absolute atomic E-state index is 0.192. The number of rotatable bonds is 4. The summed E-state index contributed by atoms with van der Waals surface area (Å²) < 4.78 is 21.2. The molecule has 3 nitrogen and oxygen atoms in total. The summed E-state index contributed by atoms with van der Waals surface area (Å²) >= 11 is 0. The van der Waals surface area contributed by atoms with E-state index in [-0.39, 0.29) is 11.0 Å². The van der Waals surface area contributed by atoms with E-state index in [1.165, 1.54) is 22.7 Å². The molecule has 4 aromatic rings. The Bertz CT molecular complexity index is 1270. The van der Waals surface area contributed by atoms with Crippen LogP contribution in [-0.2, 0) is 0 Å². The van der Waals surface area contributed by atoms with Crippen molar-refractivity contribution in [3.05, 3.63) is 102 Å². The predicted octanol–water partition coefficient (Wildman–Crippen LogP) is 6.91. The Kier molecular flexibility index (Phi) is 5.92. The molecule has 1 aromatic heterocycles. The highest BCUT2D eigenvalue weighted by Gasteiger charge is 2.41. The molecular weight excluding hydrogens is 416 g/mol. The van der Waals surface area contributed by atoms with E-state index in [2.05, 4.69) is 71.0 Å². The molecule has 1 atom stereocenters. The number of aryl methyl sites for hydroxylation is 1. The minimum atomic E-state index is -2.38. The number of hydrogen-bond donors (Lipinski definition) is 0. The fourth-order valence-corrected chi connectivity index (χ4v) is 8.74. The highest BCUT2D eigenvalue weighted by atomic mass is 31.2. The van der Waals surface area contributed by atoms with Gasteiger partial charge in [-0.3, -0.25) is 4.74 Å². The second-order valence-electron chi connectivity index (χ2n) is 8.98. The average Bonchev–Trinajstić information content (AvgIpc) is 3.08. The second-order valence-corrected chi connectivity index (χ2v) is 12.8. The molecule has 5 heteroatoms. The maximum Gasteiger partial charge on any atom is 0.123 e. The highest BCUT2D eigenvalue weighted by molar-refractivity contribution is 7.82. The molecule has 3 aromatic carbocycles. The molecule has 0 aliphatic carbocycles. The van der Waals surface area contributed by atoms with Gasteiger partial charge < -0.3 is 0 Å². The summed E-state index contributed by atoms with van der Waals surface area (Å²) in [7, 11) is -2.38. The number of para-hydroxylation sites is 1. The zero-order chi connectivity index (χ0) is 22.9. The van der Waals surface area contributed by atoms with Gasteiger partial charge in [-0.1, -0.05) is 69.3 Å². The summed E-state index contributed by atoms with van der Waals surface area (Å²) in [6.45, 7) is 11.0. The standard InChI is InChI=1S/C27H29FN3P/c1-20-26(21(2)31(29-20)24-12-8-6-9-13-24)32(27(3,4)5,25-14-10-7-11-15-25)30-23-18-16-22(28)17-19-23/h6-19H,1-5H3/t32-/m1/s1. The van der Waals surface area contributed by atoms with Crippen LogP contribution in [-0.4, -0.2) is 14.9 Å². The summed E-state index contributed by atoms with van der Waals surface area (Å²) in [5.41, 5.74) is 3.88. The SMILES string of the molecule is Cc1nn(-c2ccccc2)c(C)c1[P@](=Nc1ccc(F)cc1)(c1ccccc1)C(C)(C)C. The lowest BCUT2D eigenvalue weighted by Gasteiger charge is -2.38. The van der Waals surface area contributed by atoms with Crippen LogP contribution in [0.25, 0.3) is 5.69 Å². The average molecular weight is 446 g/mol. The number of halogens is 1. The van der Waals surface area contributed by atoms with Crippen molar-refractivity contribution in [2.24, 2.45) is 4.74 Å². The zero-order valence-electron chi connectivity index (χ0n) is 19.2. The molecule has 0 unspecified atom stereocenters. The first kappa shape index (κ1) is 22.2. The van der Waals surface area contributed by atoms with E-state index < -0.39 is 7.05 Å². The molecule has 0 saturated carbocycles. The molecule has 164 valence electrons. The first-order chi connectivity index (χ1) is 15.2. The third-order valence-electron chi connectivity index (χ3n) is 5.77. The van der Waals surface area contributed by atoms with Gasteiger partial charge in [-0.05, 0) is 55.6 Å². The number of aromatic nitrogens is 2. The van der Waals surface area contributed by atoms with Gasteiger partial charge in [0.1, 0.15) is 5.82 Å². The fourth-order valence-electron chi connectivity index (χ4n) is 4.36. The van der Waals surface area contributed by atoms with Crippen molar-refractivity contribution in [3.63, 3.8) is 0 Å². The second kappa shape index (κ2) is 8.52. The van der Waals surface area contributed by atoms with Crippen LogP contribution in [0.3, 0.4) is 0 Å². The molecule has 0 saturated heterocycles. The van der Waals surface area contributed by atoms with Crippen molar-refractivity contribution in [3.8, 4) is 5.69 Å². The molecule has 0 bridgehead atoms. The number of benzene rings is 3. The van der Waals surface area contributed by atoms with Crippen molar-refractivity contribution in [2.45, 2.75) is 39.8 Å². The van der Waals surface area contributed by atoms with Crippen LogP contribution in [0.4, 0.5) is 10.1 Å². The molecule has 1 heterocycles. The van der Waals surface area contributed by atoms with Crippen molar-refractivity contribution in [1.82, 2.24) is 9.78 Å². The van der Waals surface area contributed by atoms with Crippen molar-refractivity contribution in [1.29, 1.82) is 0 Å². The zero-order valence-corrected chi connectivity index (χ0v) is 20.1. The van der Waals surface area contributed by atoms with Crippen LogP contribution in [0.15, 0.2) is 89.7 Å². The van der Waals surface area contributed by atoms with E-state index in [1.807, 2.05) is 28.9 Å². The molecule has 0 N–H and O–H groups in total. The van der Waals surface area contributed by atoms with Crippen molar-refractivity contribution < 1.29 is 4.39 Å². The van der Waals surface area contributed by atoms with E-state index in [0.717, 1.165) is 22.8 Å². The monoisotopic (exact) mass is 445 g/mol. The molecular formula is C27H29FN3P. The Morgan fingerprint density at radius 3 is 1.94 bits per heavy atom. The quantitative estimate of drug-likeness (QED) is 0.314. The van der Waals surface area contributed by atoms with E-state index in [9.17, 15) is 4.39 Å². The molecule has 0 amide bonds. The molecule has 0 radical (unpaired) electrons. The van der Waals surface area contributed by atoms with E-state index in [4.69, 9.17) is 9.84 Å². The summed E-state index contributed by atoms with van der Waals surface area (Å²) in [4.78, 5) is 0. The Balaban J connectivity index is 2.12. The van der Waals surface area contributed by atoms with Crippen LogP contribution in [0.2, 0.25) is 0 Å². The largest absolute Gasteiger partial charge is 0.258 e. The van der Waals surface area contributed by atoms with Gasteiger partial charge in [0.2, 0.25) is 0 Å². The number of nitrogens with zero attached hydrogens (tertiary/aromatic N) is 3.